The molecule has 0 bridgehead atoms. The first-order valence-corrected chi connectivity index (χ1v) is 4.54. The van der Waals surface area contributed by atoms with Crippen molar-refractivity contribution in [1.82, 2.24) is 9.55 Å². The van der Waals surface area contributed by atoms with Crippen molar-refractivity contribution in [3.8, 4) is 0 Å². The van der Waals surface area contributed by atoms with Crippen LogP contribution in [0.5, 0.6) is 0 Å². The Morgan fingerprint density at radius 1 is 1.75 bits per heavy atom. The minimum absolute atomic E-state index is 0.213. The van der Waals surface area contributed by atoms with Gasteiger partial charge in [-0.05, 0) is 19.8 Å². The third-order valence-corrected chi connectivity index (χ3v) is 2.19. The third-order valence-electron chi connectivity index (χ3n) is 2.19. The largest absolute Gasteiger partial charge is 0.332 e. The Bertz CT molecular complexity index is 260. The van der Waals surface area contributed by atoms with Crippen molar-refractivity contribution in [3.63, 3.8) is 0 Å². The van der Waals surface area contributed by atoms with Gasteiger partial charge in [0.25, 0.3) is 0 Å². The number of hydrogen-bond donors (Lipinski definition) is 1. The lowest BCUT2D eigenvalue weighted by atomic mass is 10.2. The van der Waals surface area contributed by atoms with Gasteiger partial charge in [-0.2, -0.15) is 0 Å². The smallest absolute Gasteiger partial charge is 0.110 e. The van der Waals surface area contributed by atoms with Crippen LogP contribution in [0.1, 0.15) is 31.6 Å². The van der Waals surface area contributed by atoms with Gasteiger partial charge >= 0.3 is 0 Å². The number of rotatable bonds is 3. The summed E-state index contributed by atoms with van der Waals surface area (Å²) in [5.74, 6) is 1.15. The molecule has 1 atom stereocenters. The lowest BCUT2D eigenvalue weighted by molar-refractivity contribution is 0.628. The zero-order chi connectivity index (χ0) is 8.55. The van der Waals surface area contributed by atoms with E-state index in [0.717, 1.165) is 18.3 Å². The second-order valence-electron chi connectivity index (χ2n) is 3.66. The Kier molecular flexibility index (Phi) is 1.89. The summed E-state index contributed by atoms with van der Waals surface area (Å²) >= 11 is 0. The van der Waals surface area contributed by atoms with E-state index in [1.54, 1.807) is 0 Å². The number of nitrogens with two attached hydrogens (primary N) is 1. The Labute approximate surface area is 72.6 Å². The molecule has 0 spiro atoms. The minimum atomic E-state index is 0.213. The van der Waals surface area contributed by atoms with Crippen LogP contribution in [0.4, 0.5) is 0 Å². The van der Waals surface area contributed by atoms with Gasteiger partial charge in [-0.3, -0.25) is 0 Å². The summed E-state index contributed by atoms with van der Waals surface area (Å²) in [6, 6.07) is 0.936. The highest BCUT2D eigenvalue weighted by Crippen LogP contribution is 2.35. The molecule has 1 heterocycles. The maximum atomic E-state index is 5.72. The Hall–Kier alpha value is -0.830. The van der Waals surface area contributed by atoms with Crippen LogP contribution in [0.2, 0.25) is 0 Å². The van der Waals surface area contributed by atoms with Crippen LogP contribution >= 0.6 is 0 Å². The molecule has 3 heteroatoms. The van der Waals surface area contributed by atoms with E-state index < -0.39 is 0 Å². The zero-order valence-electron chi connectivity index (χ0n) is 7.40. The molecule has 0 saturated heterocycles. The van der Waals surface area contributed by atoms with E-state index in [0.29, 0.717) is 0 Å². The molecule has 1 saturated carbocycles. The van der Waals surface area contributed by atoms with Gasteiger partial charge in [0.15, 0.2) is 0 Å². The number of hydrogen-bond acceptors (Lipinski definition) is 2. The lowest BCUT2D eigenvalue weighted by Gasteiger charge is -2.07. The van der Waals surface area contributed by atoms with Crippen molar-refractivity contribution in [2.45, 2.75) is 38.3 Å². The highest BCUT2D eigenvalue weighted by atomic mass is 15.1. The standard InChI is InChI=1S/C9H15N3/c1-7(10)6-9-11-4-5-12(9)8-2-3-8/h4-5,7-8H,2-3,6,10H2,1H3. The van der Waals surface area contributed by atoms with E-state index in [-0.39, 0.29) is 6.04 Å². The second-order valence-corrected chi connectivity index (χ2v) is 3.66. The molecule has 3 nitrogen and oxygen atoms in total. The fraction of sp³-hybridized carbons (Fsp3) is 0.667. The van der Waals surface area contributed by atoms with Gasteiger partial charge in [-0.1, -0.05) is 0 Å². The van der Waals surface area contributed by atoms with Gasteiger partial charge in [0.1, 0.15) is 5.82 Å². The van der Waals surface area contributed by atoms with Crippen molar-refractivity contribution < 1.29 is 0 Å². The minimum Gasteiger partial charge on any atom is -0.332 e. The van der Waals surface area contributed by atoms with Gasteiger partial charge in [0.2, 0.25) is 0 Å². The summed E-state index contributed by atoms with van der Waals surface area (Å²) in [6.07, 6.45) is 7.44. The predicted octanol–water partition coefficient (Wildman–Crippen LogP) is 1.11. The average molecular weight is 165 g/mol. The summed E-state index contributed by atoms with van der Waals surface area (Å²) in [5, 5.41) is 0. The normalized spacial score (nSPS) is 19.5. The second kappa shape index (κ2) is 2.90. The average Bonchev–Trinajstić information content (AvgIpc) is 2.73. The Balaban J connectivity index is 2.13. The van der Waals surface area contributed by atoms with Crippen LogP contribution in [-0.2, 0) is 6.42 Å². The first kappa shape index (κ1) is 7.80. The fourth-order valence-corrected chi connectivity index (χ4v) is 1.48. The van der Waals surface area contributed by atoms with E-state index >= 15 is 0 Å². The van der Waals surface area contributed by atoms with E-state index in [9.17, 15) is 0 Å². The summed E-state index contributed by atoms with van der Waals surface area (Å²) in [7, 11) is 0. The molecule has 2 rings (SSSR count). The molecule has 1 unspecified atom stereocenters. The van der Waals surface area contributed by atoms with Crippen molar-refractivity contribution >= 4 is 0 Å². The molecule has 1 aliphatic rings. The van der Waals surface area contributed by atoms with Gasteiger partial charge in [0.05, 0.1) is 0 Å². The van der Waals surface area contributed by atoms with Crippen LogP contribution in [0.25, 0.3) is 0 Å². The van der Waals surface area contributed by atoms with E-state index in [1.165, 1.54) is 12.8 Å². The molecule has 1 aliphatic carbocycles. The summed E-state index contributed by atoms with van der Waals surface area (Å²) in [6.45, 7) is 2.02. The van der Waals surface area contributed by atoms with Gasteiger partial charge in [0, 0.05) is 30.9 Å². The van der Waals surface area contributed by atoms with Gasteiger partial charge < -0.3 is 10.3 Å². The fourth-order valence-electron chi connectivity index (χ4n) is 1.48. The van der Waals surface area contributed by atoms with Crippen LogP contribution in [-0.4, -0.2) is 15.6 Å². The van der Waals surface area contributed by atoms with Crippen molar-refractivity contribution in [2.75, 3.05) is 0 Å². The van der Waals surface area contributed by atoms with Gasteiger partial charge in [-0.25, -0.2) is 4.98 Å². The molecule has 2 N–H and O–H groups in total. The third kappa shape index (κ3) is 1.50. The summed E-state index contributed by atoms with van der Waals surface area (Å²) in [4.78, 5) is 4.30. The maximum Gasteiger partial charge on any atom is 0.110 e. The Morgan fingerprint density at radius 2 is 2.50 bits per heavy atom. The van der Waals surface area contributed by atoms with E-state index in [4.69, 9.17) is 5.73 Å². The van der Waals surface area contributed by atoms with Crippen LogP contribution in [0.3, 0.4) is 0 Å². The van der Waals surface area contributed by atoms with Crippen molar-refractivity contribution in [3.05, 3.63) is 18.2 Å². The SMILES string of the molecule is CC(N)Cc1nccn1C1CC1. The van der Waals surface area contributed by atoms with Crippen molar-refractivity contribution in [2.24, 2.45) is 5.73 Å². The van der Waals surface area contributed by atoms with Crippen molar-refractivity contribution in [1.29, 1.82) is 0 Å². The topological polar surface area (TPSA) is 43.8 Å². The van der Waals surface area contributed by atoms with Gasteiger partial charge in [-0.15, -0.1) is 0 Å². The van der Waals surface area contributed by atoms with Crippen LogP contribution in [0, 0.1) is 0 Å². The number of aromatic nitrogens is 2. The molecule has 66 valence electrons. The highest BCUT2D eigenvalue weighted by molar-refractivity contribution is 5.00. The number of nitrogens with zero attached hydrogens (tertiary/aromatic N) is 2. The lowest BCUT2D eigenvalue weighted by Crippen LogP contribution is -2.20. The summed E-state index contributed by atoms with van der Waals surface area (Å²) in [5.41, 5.74) is 5.72. The monoisotopic (exact) mass is 165 g/mol. The first-order chi connectivity index (χ1) is 5.77. The quantitative estimate of drug-likeness (QED) is 0.729. The molecule has 0 aromatic carbocycles. The molecule has 0 aliphatic heterocycles. The molecule has 1 aromatic heterocycles. The highest BCUT2D eigenvalue weighted by Gasteiger charge is 2.25. The predicted molar refractivity (Wildman–Crippen MR) is 47.9 cm³/mol. The zero-order valence-corrected chi connectivity index (χ0v) is 7.40. The van der Waals surface area contributed by atoms with Crippen LogP contribution in [0.15, 0.2) is 12.4 Å². The molecule has 0 amide bonds. The molecular formula is C9H15N3. The Morgan fingerprint density at radius 3 is 3.08 bits per heavy atom. The molecule has 1 fully saturated rings. The molecule has 1 aromatic rings. The number of imidazole rings is 1. The maximum absolute atomic E-state index is 5.72. The van der Waals surface area contributed by atoms with E-state index in [2.05, 4.69) is 15.7 Å². The molecular weight excluding hydrogens is 150 g/mol. The van der Waals surface area contributed by atoms with E-state index in [1.807, 2.05) is 13.1 Å². The summed E-state index contributed by atoms with van der Waals surface area (Å²) < 4.78 is 2.27. The first-order valence-electron chi connectivity index (χ1n) is 4.54. The van der Waals surface area contributed by atoms with Crippen LogP contribution < -0.4 is 5.73 Å². The molecule has 0 radical (unpaired) electrons. The molecule has 12 heavy (non-hydrogen) atoms.